The smallest absolute Gasteiger partial charge is 0.410 e. The van der Waals surface area contributed by atoms with Crippen molar-refractivity contribution in [2.45, 2.75) is 136 Å². The lowest BCUT2D eigenvalue weighted by Gasteiger charge is -2.40. The molecule has 0 unspecified atom stereocenters. The summed E-state index contributed by atoms with van der Waals surface area (Å²) >= 11 is 0. The van der Waals surface area contributed by atoms with E-state index in [0.717, 1.165) is 19.5 Å². The normalized spacial score (nSPS) is 32.9. The van der Waals surface area contributed by atoms with Gasteiger partial charge in [0.05, 0.1) is 40.9 Å². The van der Waals surface area contributed by atoms with Crippen LogP contribution in [0.3, 0.4) is 0 Å². The predicted molar refractivity (Wildman–Crippen MR) is 278 cm³/mol. The number of benzene rings is 3. The van der Waals surface area contributed by atoms with Crippen molar-refractivity contribution >= 4 is 34.2 Å². The van der Waals surface area contributed by atoms with Crippen LogP contribution in [-0.4, -0.2) is 141 Å². The Balaban J connectivity index is 1.08. The second kappa shape index (κ2) is 20.7. The molecule has 3 aromatic rings. The van der Waals surface area contributed by atoms with Crippen LogP contribution in [0.4, 0.5) is 10.5 Å². The number of aromatic hydroxyl groups is 2. The van der Waals surface area contributed by atoms with E-state index in [4.69, 9.17) is 28.9 Å². The third-order valence-corrected chi connectivity index (χ3v) is 16.6. The maximum absolute atomic E-state index is 15.0. The van der Waals surface area contributed by atoms with Gasteiger partial charge in [0.2, 0.25) is 0 Å². The summed E-state index contributed by atoms with van der Waals surface area (Å²) in [6, 6.07) is 10.4. The molecule has 3 fully saturated rings. The minimum absolute atomic E-state index is 0.0372. The Morgan fingerprint density at radius 2 is 1.61 bits per heavy atom. The third-order valence-electron chi connectivity index (χ3n) is 16.6. The first-order chi connectivity index (χ1) is 35.2. The number of methoxy groups -OCH3 is 1. The number of ketones is 1. The standard InChI is InChI=1S/C57H74N6O11/c1-30(2)26-61-22-20-57(21-23-61)59-44-41-42-49(66)36(8)52-43(41)53(68)56(9,74-52)72-24-19-40(71-10)33(5)51(73-55(70)63-29-38-25-39(63)28-62(38)27-37-17-12-11-13-18-37)35(7)48(65)34(6)47(64)31(3)15-14-16-32(4)54(69)58-46(50(42)67)45(44)60-57/h11-19,24,30-31,33-35,38-40,47-48,51,64-67H,20-23,25-29H2,1-10H3,(H,58,69)/b15-14+,24-19+,32-16-/t31-,33+,34+,35+,38-,39-,40-,47-,48+,51+,56-/m0/s1. The minimum atomic E-state index is -1.99. The molecule has 7 bridgehead atoms. The number of nitrogens with one attached hydrogen (secondary N) is 1. The summed E-state index contributed by atoms with van der Waals surface area (Å²) in [6.07, 6.45) is 5.31. The molecule has 10 rings (SSSR count). The monoisotopic (exact) mass is 1020 g/mol. The van der Waals surface area contributed by atoms with Crippen LogP contribution in [0.1, 0.15) is 96.1 Å². The molecular weight excluding hydrogens is 945 g/mol. The van der Waals surface area contributed by atoms with Gasteiger partial charge in [-0.3, -0.25) is 24.5 Å². The first kappa shape index (κ1) is 53.0. The van der Waals surface area contributed by atoms with E-state index in [1.54, 1.807) is 56.9 Å². The molecule has 3 aromatic carbocycles. The van der Waals surface area contributed by atoms with Crippen LogP contribution in [0.25, 0.3) is 10.8 Å². The Morgan fingerprint density at radius 3 is 2.27 bits per heavy atom. The molecule has 1 spiro atoms. The summed E-state index contributed by atoms with van der Waals surface area (Å²) in [6.45, 7) is 20.5. The van der Waals surface area contributed by atoms with Crippen LogP contribution >= 0.6 is 0 Å². The molecule has 11 atom stereocenters. The number of aliphatic hydroxyl groups is 2. The van der Waals surface area contributed by atoms with Crippen LogP contribution in [0.2, 0.25) is 0 Å². The molecule has 7 aliphatic heterocycles. The van der Waals surface area contributed by atoms with Crippen LogP contribution in [0, 0.1) is 36.5 Å². The maximum atomic E-state index is 15.0. The van der Waals surface area contributed by atoms with Crippen molar-refractivity contribution in [3.8, 4) is 17.2 Å². The molecule has 0 radical (unpaired) electrons. The van der Waals surface area contributed by atoms with E-state index >= 15 is 4.79 Å². The molecule has 3 saturated heterocycles. The van der Waals surface area contributed by atoms with Gasteiger partial charge in [0, 0.05) is 118 Å². The number of amides is 2. The summed E-state index contributed by atoms with van der Waals surface area (Å²) in [7, 11) is 1.50. The number of piperazine rings is 1. The Hall–Kier alpha value is -5.85. The fourth-order valence-corrected chi connectivity index (χ4v) is 12.2. The average molecular weight is 1020 g/mol. The number of piperidine rings is 1. The summed E-state index contributed by atoms with van der Waals surface area (Å²) in [4.78, 5) is 60.4. The largest absolute Gasteiger partial charge is 0.507 e. The van der Waals surface area contributed by atoms with Gasteiger partial charge < -0.3 is 54.5 Å². The first-order valence-corrected chi connectivity index (χ1v) is 26.3. The second-order valence-corrected chi connectivity index (χ2v) is 22.3. The van der Waals surface area contributed by atoms with Crippen LogP contribution in [0.5, 0.6) is 17.2 Å². The number of carbonyl (C=O) groups is 3. The number of phenolic OH excluding ortho intramolecular Hbond substituents is 2. The molecule has 7 aliphatic rings. The highest BCUT2D eigenvalue weighted by atomic mass is 16.7. The number of phenols is 2. The quantitative estimate of drug-likeness (QED) is 0.172. The van der Waals surface area contributed by atoms with Gasteiger partial charge in [-0.05, 0) is 37.8 Å². The fraction of sp³-hybridized carbons (Fsp3) is 0.561. The molecular formula is C57H74N6O11. The Kier molecular flexibility index (Phi) is 14.8. The molecule has 0 aliphatic carbocycles. The lowest BCUT2D eigenvalue weighted by molar-refractivity contribution is -0.112. The molecule has 398 valence electrons. The van der Waals surface area contributed by atoms with E-state index in [-0.39, 0.29) is 67.5 Å². The Labute approximate surface area is 433 Å². The lowest BCUT2D eigenvalue weighted by atomic mass is 9.78. The molecule has 2 amide bonds. The zero-order chi connectivity index (χ0) is 53.1. The summed E-state index contributed by atoms with van der Waals surface area (Å²) in [5.74, 6) is -6.07. The number of anilines is 1. The lowest BCUT2D eigenvalue weighted by Crippen LogP contribution is -2.52. The van der Waals surface area contributed by atoms with E-state index < -0.39 is 83.1 Å². The summed E-state index contributed by atoms with van der Waals surface area (Å²) in [5, 5.41) is 51.4. The summed E-state index contributed by atoms with van der Waals surface area (Å²) in [5.41, 5.74) is 0.623. The number of hydrogen-bond donors (Lipinski definition) is 5. The number of rotatable bonds is 6. The number of likely N-dealkylation sites (tertiary alicyclic amines) is 3. The highest BCUT2D eigenvalue weighted by Crippen LogP contribution is 2.50. The van der Waals surface area contributed by atoms with E-state index in [1.165, 1.54) is 25.9 Å². The van der Waals surface area contributed by atoms with E-state index in [0.29, 0.717) is 44.9 Å². The van der Waals surface area contributed by atoms with Crippen molar-refractivity contribution in [1.29, 1.82) is 0 Å². The molecule has 17 heteroatoms. The van der Waals surface area contributed by atoms with Gasteiger partial charge in [-0.1, -0.05) is 90.1 Å². The van der Waals surface area contributed by atoms with Crippen molar-refractivity contribution in [3.05, 3.63) is 93.9 Å². The van der Waals surface area contributed by atoms with Crippen LogP contribution < -0.4 is 20.8 Å². The summed E-state index contributed by atoms with van der Waals surface area (Å²) < 4.78 is 25.2. The number of ether oxygens (including phenoxy) is 4. The van der Waals surface area contributed by atoms with Gasteiger partial charge >= 0.3 is 11.9 Å². The van der Waals surface area contributed by atoms with Gasteiger partial charge in [-0.2, -0.15) is 0 Å². The van der Waals surface area contributed by atoms with Crippen molar-refractivity contribution in [2.75, 3.05) is 45.2 Å². The van der Waals surface area contributed by atoms with E-state index in [9.17, 15) is 30.0 Å². The molecule has 7 heterocycles. The van der Waals surface area contributed by atoms with Crippen LogP contribution in [0.15, 0.2) is 76.5 Å². The van der Waals surface area contributed by atoms with Gasteiger partial charge in [-0.25, -0.2) is 4.79 Å². The topological polar surface area (TPSA) is 216 Å². The number of Topliss-reactive ketones (excluding diaryl/α,β-unsaturated/α-hetero) is 1. The maximum Gasteiger partial charge on any atom is 0.410 e. The van der Waals surface area contributed by atoms with E-state index in [1.807, 2.05) is 32.0 Å². The van der Waals surface area contributed by atoms with Gasteiger partial charge in [0.25, 0.3) is 11.7 Å². The highest BCUT2D eigenvalue weighted by Gasteiger charge is 2.51. The first-order valence-electron chi connectivity index (χ1n) is 26.3. The van der Waals surface area contributed by atoms with Crippen molar-refractivity contribution in [2.24, 2.45) is 39.6 Å². The molecule has 0 saturated carbocycles. The SMILES string of the molecule is CO[C@H]1/C=C/O[C@@]2(C)Oc3c(C)c(O)c4c(O)c(c5c(c4c3C2=O)=NC2(CCN(CC(C)C)CC2)N=5)NC(=O)/C(C)=C\C=C\[C@H](C)[C@H](O)[C@@H](C)[C@@H](O)[C@@H](C)[C@H](OC(=O)N2C[C@@H]3C[C@H]2CN3Cc2ccccc2)[C@@H]1C. The zero-order valence-corrected chi connectivity index (χ0v) is 44.4. The molecule has 5 N–H and O–H groups in total. The third kappa shape index (κ3) is 9.70. The Morgan fingerprint density at radius 1 is 0.905 bits per heavy atom. The van der Waals surface area contributed by atoms with Crippen molar-refractivity contribution in [1.82, 2.24) is 14.7 Å². The number of aliphatic hydroxyl groups excluding tert-OH is 2. The molecule has 0 aromatic heterocycles. The predicted octanol–water partition coefficient (Wildman–Crippen LogP) is 6.28. The number of nitrogens with zero attached hydrogens (tertiary/aromatic N) is 5. The van der Waals surface area contributed by atoms with Gasteiger partial charge in [-0.15, -0.1) is 0 Å². The average Bonchev–Trinajstić information content (AvgIpc) is 4.15. The fourth-order valence-electron chi connectivity index (χ4n) is 12.2. The molecule has 74 heavy (non-hydrogen) atoms. The van der Waals surface area contributed by atoms with Crippen molar-refractivity contribution in [3.63, 3.8) is 0 Å². The number of allylic oxidation sites excluding steroid dienone is 2. The van der Waals surface area contributed by atoms with Gasteiger partial charge in [0.1, 0.15) is 28.6 Å². The highest BCUT2D eigenvalue weighted by molar-refractivity contribution is 6.19. The number of fused-ring (bicyclic) bond motifs is 15. The second-order valence-electron chi connectivity index (χ2n) is 22.3. The molecule has 17 nitrogen and oxygen atoms in total. The van der Waals surface area contributed by atoms with E-state index in [2.05, 4.69) is 41.1 Å². The zero-order valence-electron chi connectivity index (χ0n) is 44.4. The number of hydrogen-bond acceptors (Lipinski definition) is 15. The Bertz CT molecular complexity index is 2900. The van der Waals surface area contributed by atoms with Crippen molar-refractivity contribution < 1.29 is 53.8 Å². The van der Waals surface area contributed by atoms with Gasteiger partial charge in [0.15, 0.2) is 11.4 Å². The minimum Gasteiger partial charge on any atom is -0.507 e. The van der Waals surface area contributed by atoms with Crippen LogP contribution in [-0.2, 0) is 25.5 Å². The number of carbonyl (C=O) groups excluding carboxylic acids is 3.